The number of carbonyl (C=O) groups is 3. The predicted molar refractivity (Wildman–Crippen MR) is 146 cm³/mol. The van der Waals surface area contributed by atoms with E-state index in [4.69, 9.17) is 15.2 Å². The molecular weight excluding hydrogens is 536 g/mol. The number of urea groups is 1. The standard InChI is InChI=1S/C29H29F2N5O5/c1-40-20-9-14-35(15-10-20)28(39)34-25-17-22(8-13-33-25)41-21-6-7-24(23(31)16-21)36(19-4-2-18(30)3-5-19)27(38)29(11-12-29)26(32)37/h2-8,13,16-17,20H,9-12,14-15H2,1H3,(H2,32,37)(H,33,34,39). The first-order valence-corrected chi connectivity index (χ1v) is 13.1. The molecule has 1 saturated heterocycles. The lowest BCUT2D eigenvalue weighted by atomic mass is 10.0. The molecule has 5 rings (SSSR count). The lowest BCUT2D eigenvalue weighted by molar-refractivity contribution is -0.133. The smallest absolute Gasteiger partial charge is 0.323 e. The molecule has 2 aliphatic rings. The summed E-state index contributed by atoms with van der Waals surface area (Å²) in [5.74, 6) is -2.18. The predicted octanol–water partition coefficient (Wildman–Crippen LogP) is 4.73. The summed E-state index contributed by atoms with van der Waals surface area (Å²) in [6, 6.07) is 11.5. The number of hydrogen-bond acceptors (Lipinski definition) is 6. The van der Waals surface area contributed by atoms with Gasteiger partial charge in [0.2, 0.25) is 11.8 Å². The van der Waals surface area contributed by atoms with Crippen LogP contribution >= 0.6 is 0 Å². The largest absolute Gasteiger partial charge is 0.457 e. The molecule has 214 valence electrons. The SMILES string of the molecule is COC1CCN(C(=O)Nc2cc(Oc3ccc(N(C(=O)C4(C(N)=O)CC4)c4ccc(F)cc4)c(F)c3)ccn2)CC1. The molecule has 12 heteroatoms. The Hall–Kier alpha value is -4.58. The number of piperidine rings is 1. The Bertz CT molecular complexity index is 1460. The van der Waals surface area contributed by atoms with Gasteiger partial charge in [0.25, 0.3) is 0 Å². The van der Waals surface area contributed by atoms with Crippen LogP contribution in [0.25, 0.3) is 0 Å². The van der Waals surface area contributed by atoms with Crippen molar-refractivity contribution in [3.8, 4) is 11.5 Å². The second kappa shape index (κ2) is 11.5. The zero-order valence-corrected chi connectivity index (χ0v) is 22.3. The minimum absolute atomic E-state index is 0.110. The number of nitrogens with zero attached hydrogens (tertiary/aromatic N) is 3. The molecule has 0 radical (unpaired) electrons. The van der Waals surface area contributed by atoms with Gasteiger partial charge in [-0.15, -0.1) is 0 Å². The Morgan fingerprint density at radius 2 is 1.71 bits per heavy atom. The average molecular weight is 566 g/mol. The van der Waals surface area contributed by atoms with Crippen molar-refractivity contribution in [3.63, 3.8) is 0 Å². The number of methoxy groups -OCH3 is 1. The first-order chi connectivity index (χ1) is 19.7. The fourth-order valence-corrected chi connectivity index (χ4v) is 4.76. The van der Waals surface area contributed by atoms with Gasteiger partial charge in [-0.1, -0.05) is 0 Å². The lowest BCUT2D eigenvalue weighted by Gasteiger charge is -2.31. The van der Waals surface area contributed by atoms with Crippen LogP contribution in [0, 0.1) is 17.0 Å². The molecule has 0 spiro atoms. The van der Waals surface area contributed by atoms with E-state index in [1.165, 1.54) is 36.5 Å². The lowest BCUT2D eigenvalue weighted by Crippen LogP contribution is -2.42. The molecule has 3 N–H and O–H groups in total. The first-order valence-electron chi connectivity index (χ1n) is 13.1. The third-order valence-corrected chi connectivity index (χ3v) is 7.34. The molecule has 10 nitrogen and oxygen atoms in total. The maximum absolute atomic E-state index is 15.5. The van der Waals surface area contributed by atoms with E-state index in [9.17, 15) is 18.8 Å². The van der Waals surface area contributed by atoms with Crippen LogP contribution in [0.15, 0.2) is 60.8 Å². The molecule has 3 aromatic rings. The summed E-state index contributed by atoms with van der Waals surface area (Å²) in [6.45, 7) is 1.12. The van der Waals surface area contributed by atoms with E-state index in [2.05, 4.69) is 10.3 Å². The Morgan fingerprint density at radius 3 is 2.32 bits per heavy atom. The van der Waals surface area contributed by atoms with Gasteiger partial charge in [0, 0.05) is 44.2 Å². The van der Waals surface area contributed by atoms with Crippen LogP contribution in [0.4, 0.5) is 30.8 Å². The molecule has 1 saturated carbocycles. The van der Waals surface area contributed by atoms with Crippen molar-refractivity contribution >= 4 is 35.0 Å². The number of nitrogens with one attached hydrogen (secondary N) is 1. The van der Waals surface area contributed by atoms with Gasteiger partial charge < -0.3 is 20.1 Å². The molecule has 2 aromatic carbocycles. The first kappa shape index (κ1) is 28.0. The van der Waals surface area contributed by atoms with Crippen LogP contribution in [0.5, 0.6) is 11.5 Å². The highest BCUT2D eigenvalue weighted by Crippen LogP contribution is 2.49. The summed E-state index contributed by atoms with van der Waals surface area (Å²) in [5, 5.41) is 2.74. The van der Waals surface area contributed by atoms with E-state index in [1.54, 1.807) is 18.1 Å². The summed E-state index contributed by atoms with van der Waals surface area (Å²) < 4.78 is 40.2. The van der Waals surface area contributed by atoms with Gasteiger partial charge in [0.15, 0.2) is 5.82 Å². The minimum Gasteiger partial charge on any atom is -0.457 e. The average Bonchev–Trinajstić information content (AvgIpc) is 3.78. The van der Waals surface area contributed by atoms with Crippen LogP contribution in [0.1, 0.15) is 25.7 Å². The number of likely N-dealkylation sites (tertiary alicyclic amines) is 1. The summed E-state index contributed by atoms with van der Waals surface area (Å²) in [6.07, 6.45) is 3.56. The molecule has 0 unspecified atom stereocenters. The van der Waals surface area contributed by atoms with Crippen molar-refractivity contribution in [2.75, 3.05) is 30.4 Å². The fourth-order valence-electron chi connectivity index (χ4n) is 4.76. The molecular formula is C29H29F2N5O5. The Labute approximate surface area is 235 Å². The molecule has 1 aliphatic carbocycles. The van der Waals surface area contributed by atoms with Crippen LogP contribution in [0.2, 0.25) is 0 Å². The number of aromatic nitrogens is 1. The zero-order valence-electron chi connectivity index (χ0n) is 22.3. The van der Waals surface area contributed by atoms with Crippen LogP contribution < -0.4 is 20.7 Å². The van der Waals surface area contributed by atoms with Gasteiger partial charge >= 0.3 is 6.03 Å². The van der Waals surface area contributed by atoms with Crippen LogP contribution in [0.3, 0.4) is 0 Å². The van der Waals surface area contributed by atoms with Crippen molar-refractivity contribution in [2.45, 2.75) is 31.8 Å². The van der Waals surface area contributed by atoms with Gasteiger partial charge in [-0.3, -0.25) is 19.8 Å². The van der Waals surface area contributed by atoms with E-state index in [-0.39, 0.29) is 53.7 Å². The topological polar surface area (TPSA) is 127 Å². The Kier molecular flexibility index (Phi) is 7.84. The molecule has 0 atom stereocenters. The Balaban J connectivity index is 1.33. The summed E-state index contributed by atoms with van der Waals surface area (Å²) in [5.41, 5.74) is 4.09. The van der Waals surface area contributed by atoms with Gasteiger partial charge in [-0.2, -0.15) is 0 Å². The molecule has 1 aromatic heterocycles. The number of primary amides is 1. The maximum Gasteiger partial charge on any atom is 0.323 e. The molecule has 2 fully saturated rings. The highest BCUT2D eigenvalue weighted by Gasteiger charge is 2.57. The molecule has 41 heavy (non-hydrogen) atoms. The second-order valence-corrected chi connectivity index (χ2v) is 10.0. The van der Waals surface area contributed by atoms with Crippen LogP contribution in [-0.2, 0) is 14.3 Å². The number of carbonyl (C=O) groups excluding carboxylic acids is 3. The second-order valence-electron chi connectivity index (χ2n) is 10.0. The maximum atomic E-state index is 15.5. The molecule has 4 amide bonds. The molecule has 2 heterocycles. The minimum atomic E-state index is -1.44. The quantitative estimate of drug-likeness (QED) is 0.381. The van der Waals surface area contributed by atoms with Gasteiger partial charge in [0.05, 0.1) is 11.8 Å². The number of rotatable bonds is 8. The third-order valence-electron chi connectivity index (χ3n) is 7.34. The highest BCUT2D eigenvalue weighted by atomic mass is 19.1. The summed E-state index contributed by atoms with van der Waals surface area (Å²) in [7, 11) is 1.66. The number of amides is 4. The van der Waals surface area contributed by atoms with Crippen molar-refractivity contribution in [2.24, 2.45) is 11.1 Å². The molecule has 0 bridgehead atoms. The summed E-state index contributed by atoms with van der Waals surface area (Å²) >= 11 is 0. The number of hydrogen-bond donors (Lipinski definition) is 2. The van der Waals surface area contributed by atoms with E-state index in [0.29, 0.717) is 13.1 Å². The van der Waals surface area contributed by atoms with E-state index in [1.807, 2.05) is 0 Å². The number of benzene rings is 2. The van der Waals surface area contributed by atoms with E-state index >= 15 is 4.39 Å². The van der Waals surface area contributed by atoms with Crippen molar-refractivity contribution < 1.29 is 32.6 Å². The van der Waals surface area contributed by atoms with Gasteiger partial charge in [0.1, 0.15) is 28.5 Å². The Morgan fingerprint density at radius 1 is 1.02 bits per heavy atom. The van der Waals surface area contributed by atoms with E-state index < -0.39 is 28.9 Å². The normalized spacial score (nSPS) is 16.1. The number of halogens is 2. The van der Waals surface area contributed by atoms with Crippen molar-refractivity contribution in [3.05, 3.63) is 72.4 Å². The number of ether oxygens (including phenoxy) is 2. The highest BCUT2D eigenvalue weighted by molar-refractivity contribution is 6.16. The monoisotopic (exact) mass is 565 g/mol. The van der Waals surface area contributed by atoms with Crippen molar-refractivity contribution in [1.82, 2.24) is 9.88 Å². The fraction of sp³-hybridized carbons (Fsp3) is 0.310. The van der Waals surface area contributed by atoms with E-state index in [0.717, 1.165) is 35.9 Å². The number of pyridine rings is 1. The van der Waals surface area contributed by atoms with Gasteiger partial charge in [-0.05, 0) is 68.1 Å². The number of anilines is 3. The van der Waals surface area contributed by atoms with Gasteiger partial charge in [-0.25, -0.2) is 18.6 Å². The van der Waals surface area contributed by atoms with Crippen LogP contribution in [-0.4, -0.2) is 54.0 Å². The van der Waals surface area contributed by atoms with Crippen molar-refractivity contribution in [1.29, 1.82) is 0 Å². The summed E-state index contributed by atoms with van der Waals surface area (Å²) in [4.78, 5) is 45.0. The zero-order chi connectivity index (χ0) is 29.1. The molecule has 1 aliphatic heterocycles. The number of nitrogens with two attached hydrogens (primary N) is 1. The third kappa shape index (κ3) is 5.97.